The number of aliphatic imine (C=N–C) groups is 2. The Bertz CT molecular complexity index is 1140. The van der Waals surface area contributed by atoms with Crippen molar-refractivity contribution < 1.29 is 9.13 Å². The van der Waals surface area contributed by atoms with Crippen LogP contribution < -0.4 is 0 Å². The van der Waals surface area contributed by atoms with E-state index in [2.05, 4.69) is 10.1 Å². The van der Waals surface area contributed by atoms with Gasteiger partial charge in [-0.15, -0.1) is 5.10 Å². The van der Waals surface area contributed by atoms with Gasteiger partial charge in [0.25, 0.3) is 0 Å². The van der Waals surface area contributed by atoms with E-state index in [0.717, 1.165) is 11.1 Å². The summed E-state index contributed by atoms with van der Waals surface area (Å²) in [5, 5.41) is 6.80. The van der Waals surface area contributed by atoms with E-state index < -0.39 is 6.04 Å². The second-order valence-electron chi connectivity index (χ2n) is 6.50. The number of hydrazone groups is 1. The fraction of sp³-hybridized carbons (Fsp3) is 0.0455. The molecule has 3 aromatic rings. The van der Waals surface area contributed by atoms with Gasteiger partial charge in [-0.2, -0.15) is 5.01 Å². The number of nitrogens with zero attached hydrogens (tertiary/aromatic N) is 4. The first-order chi connectivity index (χ1) is 14.2. The fourth-order valence-corrected chi connectivity index (χ4v) is 3.25. The van der Waals surface area contributed by atoms with Gasteiger partial charge in [-0.1, -0.05) is 41.9 Å². The number of fused-ring (bicyclic) bond motifs is 1. The average molecular weight is 405 g/mol. The molecule has 2 heterocycles. The Morgan fingerprint density at radius 3 is 2.38 bits per heavy atom. The smallest absolute Gasteiger partial charge is 0.322 e. The van der Waals surface area contributed by atoms with Gasteiger partial charge in [0.05, 0.1) is 5.69 Å². The van der Waals surface area contributed by atoms with E-state index in [9.17, 15) is 4.39 Å². The molecule has 0 spiro atoms. The molecule has 2 aliphatic heterocycles. The predicted molar refractivity (Wildman–Crippen MR) is 111 cm³/mol. The summed E-state index contributed by atoms with van der Waals surface area (Å²) in [5.74, 6) is 0.700. The molecule has 0 saturated heterocycles. The van der Waals surface area contributed by atoms with Crippen molar-refractivity contribution in [2.75, 3.05) is 0 Å². The van der Waals surface area contributed by atoms with Crippen LogP contribution in [0.3, 0.4) is 0 Å². The summed E-state index contributed by atoms with van der Waals surface area (Å²) in [6.45, 7) is 0. The SMILES string of the molecule is Fc1ccc(N=C2C(c3ccc(Cl)cc3)N=C3OC(c4ccccc4)=NN32)cc1. The normalized spacial score (nSPS) is 19.0. The van der Waals surface area contributed by atoms with Crippen molar-refractivity contribution in [2.45, 2.75) is 6.04 Å². The van der Waals surface area contributed by atoms with Crippen LogP contribution >= 0.6 is 11.6 Å². The molecule has 142 valence electrons. The Labute approximate surface area is 171 Å². The van der Waals surface area contributed by atoms with E-state index in [4.69, 9.17) is 21.3 Å². The molecule has 29 heavy (non-hydrogen) atoms. The minimum Gasteiger partial charge on any atom is -0.403 e. The third-order valence-electron chi connectivity index (χ3n) is 4.54. The molecular formula is C22H14ClFN4O. The lowest BCUT2D eigenvalue weighted by molar-refractivity contribution is 0.519. The summed E-state index contributed by atoms with van der Waals surface area (Å²) in [7, 11) is 0. The molecule has 0 amide bonds. The van der Waals surface area contributed by atoms with Crippen molar-refractivity contribution in [1.82, 2.24) is 5.01 Å². The van der Waals surface area contributed by atoms with Gasteiger partial charge in [-0.25, -0.2) is 14.4 Å². The zero-order valence-electron chi connectivity index (χ0n) is 15.0. The maximum Gasteiger partial charge on any atom is 0.322 e. The van der Waals surface area contributed by atoms with E-state index in [-0.39, 0.29) is 5.82 Å². The number of benzene rings is 3. The monoisotopic (exact) mass is 404 g/mol. The number of amidine groups is 2. The Morgan fingerprint density at radius 2 is 1.66 bits per heavy atom. The highest BCUT2D eigenvalue weighted by atomic mass is 35.5. The maximum absolute atomic E-state index is 13.3. The third-order valence-corrected chi connectivity index (χ3v) is 4.79. The largest absolute Gasteiger partial charge is 0.403 e. The lowest BCUT2D eigenvalue weighted by Gasteiger charge is -2.13. The molecule has 3 aromatic carbocycles. The Morgan fingerprint density at radius 1 is 0.931 bits per heavy atom. The Kier molecular flexibility index (Phi) is 4.33. The van der Waals surface area contributed by atoms with Crippen molar-refractivity contribution in [1.29, 1.82) is 0 Å². The Hall–Kier alpha value is -3.51. The maximum atomic E-state index is 13.3. The van der Waals surface area contributed by atoms with E-state index in [1.807, 2.05) is 42.5 Å². The average Bonchev–Trinajstić information content (AvgIpc) is 3.30. The van der Waals surface area contributed by atoms with Crippen LogP contribution in [-0.4, -0.2) is 22.8 Å². The molecule has 1 unspecified atom stereocenters. The van der Waals surface area contributed by atoms with Crippen molar-refractivity contribution in [3.63, 3.8) is 0 Å². The molecule has 1 atom stereocenters. The highest BCUT2D eigenvalue weighted by molar-refractivity contribution is 6.30. The molecule has 0 N–H and O–H groups in total. The van der Waals surface area contributed by atoms with Crippen LogP contribution in [0, 0.1) is 5.82 Å². The molecule has 0 aromatic heterocycles. The minimum absolute atomic E-state index is 0.319. The van der Waals surface area contributed by atoms with Gasteiger partial charge in [0.2, 0.25) is 5.90 Å². The van der Waals surface area contributed by atoms with Crippen molar-refractivity contribution >= 4 is 35.0 Å². The molecule has 0 saturated carbocycles. The van der Waals surface area contributed by atoms with Gasteiger partial charge in [0.15, 0.2) is 5.84 Å². The van der Waals surface area contributed by atoms with Crippen LogP contribution in [0.25, 0.3) is 0 Å². The number of ether oxygens (including phenoxy) is 1. The molecule has 2 aliphatic rings. The Balaban J connectivity index is 1.56. The molecule has 0 radical (unpaired) electrons. The van der Waals surface area contributed by atoms with Crippen LogP contribution in [0.15, 0.2) is 93.9 Å². The number of hydrogen-bond acceptors (Lipinski definition) is 4. The zero-order chi connectivity index (χ0) is 19.8. The molecular weight excluding hydrogens is 391 g/mol. The highest BCUT2D eigenvalue weighted by Gasteiger charge is 2.40. The van der Waals surface area contributed by atoms with Gasteiger partial charge in [-0.05, 0) is 54.1 Å². The molecule has 0 bridgehead atoms. The fourth-order valence-electron chi connectivity index (χ4n) is 3.12. The van der Waals surface area contributed by atoms with Crippen molar-refractivity contribution in [3.8, 4) is 0 Å². The van der Waals surface area contributed by atoms with Crippen molar-refractivity contribution in [2.24, 2.45) is 15.1 Å². The number of rotatable bonds is 3. The van der Waals surface area contributed by atoms with Gasteiger partial charge < -0.3 is 4.74 Å². The predicted octanol–water partition coefficient (Wildman–Crippen LogP) is 5.31. The lowest BCUT2D eigenvalue weighted by Crippen LogP contribution is -2.25. The van der Waals surface area contributed by atoms with Crippen LogP contribution in [0.4, 0.5) is 10.1 Å². The van der Waals surface area contributed by atoms with Gasteiger partial charge in [-0.3, -0.25) is 0 Å². The summed E-state index contributed by atoms with van der Waals surface area (Å²) in [6, 6.07) is 22.9. The van der Waals surface area contributed by atoms with Gasteiger partial charge in [0, 0.05) is 10.6 Å². The molecule has 0 fully saturated rings. The second kappa shape index (κ2) is 7.14. The first-order valence-corrected chi connectivity index (χ1v) is 9.34. The summed E-state index contributed by atoms with van der Waals surface area (Å²) in [4.78, 5) is 9.37. The molecule has 5 nitrogen and oxygen atoms in total. The third kappa shape index (κ3) is 3.39. The first kappa shape index (κ1) is 17.6. The molecule has 0 aliphatic carbocycles. The summed E-state index contributed by atoms with van der Waals surface area (Å²) in [5.41, 5.74) is 2.34. The summed E-state index contributed by atoms with van der Waals surface area (Å²) >= 11 is 6.02. The van der Waals surface area contributed by atoms with Crippen LogP contribution in [0.1, 0.15) is 17.2 Å². The zero-order valence-corrected chi connectivity index (χ0v) is 15.8. The van der Waals surface area contributed by atoms with E-state index >= 15 is 0 Å². The minimum atomic E-state index is -0.409. The van der Waals surface area contributed by atoms with Gasteiger partial charge in [0.1, 0.15) is 11.9 Å². The summed E-state index contributed by atoms with van der Waals surface area (Å²) < 4.78 is 19.2. The van der Waals surface area contributed by atoms with Gasteiger partial charge >= 0.3 is 6.02 Å². The van der Waals surface area contributed by atoms with E-state index in [1.54, 1.807) is 29.3 Å². The first-order valence-electron chi connectivity index (χ1n) is 8.97. The quantitative estimate of drug-likeness (QED) is 0.593. The second-order valence-corrected chi connectivity index (χ2v) is 6.93. The topological polar surface area (TPSA) is 49.6 Å². The van der Waals surface area contributed by atoms with Crippen molar-refractivity contribution in [3.05, 3.63) is 101 Å². The van der Waals surface area contributed by atoms with Crippen LogP contribution in [0.2, 0.25) is 5.02 Å². The summed E-state index contributed by atoms with van der Waals surface area (Å²) in [6.07, 6.45) is 0. The van der Waals surface area contributed by atoms with Crippen LogP contribution in [-0.2, 0) is 4.74 Å². The standard InChI is InChI=1S/C22H14ClFN4O/c23-16-8-6-14(7-9-16)19-20(25-18-12-10-17(24)11-13-18)28-22(26-19)29-21(27-28)15-4-2-1-3-5-15/h1-13,19H. The molecule has 7 heteroatoms. The van der Waals surface area contributed by atoms with E-state index in [1.165, 1.54) is 12.1 Å². The number of halogens is 2. The number of hydrogen-bond donors (Lipinski definition) is 0. The highest BCUT2D eigenvalue weighted by Crippen LogP contribution is 2.33. The lowest BCUT2D eigenvalue weighted by atomic mass is 10.1. The molecule has 5 rings (SSSR count). The van der Waals surface area contributed by atoms with E-state index in [0.29, 0.717) is 28.5 Å². The van der Waals surface area contributed by atoms with Crippen LogP contribution in [0.5, 0.6) is 0 Å².